The lowest BCUT2D eigenvalue weighted by atomic mass is 10.0. The lowest BCUT2D eigenvalue weighted by molar-refractivity contribution is -0.133. The topological polar surface area (TPSA) is 49.8 Å². The van der Waals surface area contributed by atoms with Crippen LogP contribution in [-0.2, 0) is 4.79 Å². The van der Waals surface area contributed by atoms with Gasteiger partial charge in [-0.2, -0.15) is 0 Å². The van der Waals surface area contributed by atoms with Gasteiger partial charge < -0.3 is 14.7 Å². The predicted octanol–water partition coefficient (Wildman–Crippen LogP) is 2.53. The van der Waals surface area contributed by atoms with Crippen molar-refractivity contribution in [3.63, 3.8) is 0 Å². The second-order valence-corrected chi connectivity index (χ2v) is 6.09. The van der Waals surface area contributed by atoms with Crippen molar-refractivity contribution in [1.82, 2.24) is 4.90 Å². The molecule has 1 amide bonds. The molecular formula is C17H25NO3. The van der Waals surface area contributed by atoms with Gasteiger partial charge in [-0.25, -0.2) is 0 Å². The zero-order valence-corrected chi connectivity index (χ0v) is 13.0. The number of hydrogen-bond acceptors (Lipinski definition) is 3. The molecule has 1 aromatic carbocycles. The molecule has 4 nitrogen and oxygen atoms in total. The fourth-order valence-electron chi connectivity index (χ4n) is 2.80. The van der Waals surface area contributed by atoms with E-state index in [9.17, 15) is 9.90 Å². The van der Waals surface area contributed by atoms with Crippen molar-refractivity contribution in [1.29, 1.82) is 0 Å². The molecule has 0 aliphatic heterocycles. The van der Waals surface area contributed by atoms with Crippen LogP contribution in [0.4, 0.5) is 0 Å². The largest absolute Gasteiger partial charge is 0.493 e. The minimum Gasteiger partial charge on any atom is -0.493 e. The number of ether oxygens (including phenoxy) is 1. The Morgan fingerprint density at radius 3 is 2.52 bits per heavy atom. The van der Waals surface area contributed by atoms with E-state index < -0.39 is 5.60 Å². The Balaban J connectivity index is 1.72. The predicted molar refractivity (Wildman–Crippen MR) is 82.3 cm³/mol. The van der Waals surface area contributed by atoms with Gasteiger partial charge >= 0.3 is 0 Å². The quantitative estimate of drug-likeness (QED) is 0.876. The Hall–Kier alpha value is -1.55. The highest BCUT2D eigenvalue weighted by molar-refractivity contribution is 5.76. The number of carbonyl (C=O) groups is 1. The number of rotatable bonds is 6. The summed E-state index contributed by atoms with van der Waals surface area (Å²) in [7, 11) is 1.75. The van der Waals surface area contributed by atoms with Crippen LogP contribution in [0.25, 0.3) is 0 Å². The first-order chi connectivity index (χ1) is 9.98. The fourth-order valence-corrected chi connectivity index (χ4v) is 2.80. The van der Waals surface area contributed by atoms with Gasteiger partial charge in [-0.3, -0.25) is 4.79 Å². The first-order valence-electron chi connectivity index (χ1n) is 7.64. The molecule has 0 saturated heterocycles. The monoisotopic (exact) mass is 291 g/mol. The van der Waals surface area contributed by atoms with E-state index in [1.54, 1.807) is 11.9 Å². The van der Waals surface area contributed by atoms with E-state index in [1.165, 1.54) is 5.56 Å². The second kappa shape index (κ2) is 6.94. The summed E-state index contributed by atoms with van der Waals surface area (Å²) >= 11 is 0. The van der Waals surface area contributed by atoms with Crippen LogP contribution in [0.15, 0.2) is 24.3 Å². The molecule has 1 aliphatic carbocycles. The minimum absolute atomic E-state index is 0.0161. The maximum absolute atomic E-state index is 12.1. The summed E-state index contributed by atoms with van der Waals surface area (Å²) in [6.45, 7) is 2.82. The Labute approximate surface area is 126 Å². The third-order valence-electron chi connectivity index (χ3n) is 4.10. The van der Waals surface area contributed by atoms with Crippen molar-refractivity contribution in [2.75, 3.05) is 20.2 Å². The number of likely N-dealkylation sites (N-methyl/N-ethyl adjacent to an activating group) is 1. The third-order valence-corrected chi connectivity index (χ3v) is 4.10. The maximum Gasteiger partial charge on any atom is 0.225 e. The molecule has 4 heteroatoms. The van der Waals surface area contributed by atoms with Crippen molar-refractivity contribution in [2.24, 2.45) is 0 Å². The standard InChI is InChI=1S/C17H25NO3/c1-14-5-7-15(8-6-14)21-12-9-16(19)18(2)13-17(20)10-3-4-11-17/h5-8,20H,3-4,9-13H2,1-2H3. The highest BCUT2D eigenvalue weighted by Crippen LogP contribution is 2.29. The number of benzene rings is 1. The maximum atomic E-state index is 12.1. The summed E-state index contributed by atoms with van der Waals surface area (Å²) in [4.78, 5) is 13.7. The minimum atomic E-state index is -0.678. The van der Waals surface area contributed by atoms with Crippen molar-refractivity contribution < 1.29 is 14.6 Å². The summed E-state index contributed by atoms with van der Waals surface area (Å²) in [5.74, 6) is 0.799. The van der Waals surface area contributed by atoms with Gasteiger partial charge in [-0.1, -0.05) is 30.5 Å². The molecular weight excluding hydrogens is 266 g/mol. The van der Waals surface area contributed by atoms with E-state index in [-0.39, 0.29) is 5.91 Å². The smallest absolute Gasteiger partial charge is 0.225 e. The first kappa shape index (κ1) is 15.8. The first-order valence-corrected chi connectivity index (χ1v) is 7.64. The van der Waals surface area contributed by atoms with Crippen LogP contribution in [0.1, 0.15) is 37.7 Å². The number of aryl methyl sites for hydroxylation is 1. The summed E-state index contributed by atoms with van der Waals surface area (Å²) in [5.41, 5.74) is 0.505. The van der Waals surface area contributed by atoms with Gasteiger partial charge in [-0.05, 0) is 31.9 Å². The molecule has 0 unspecified atom stereocenters. The van der Waals surface area contributed by atoms with Gasteiger partial charge in [0.15, 0.2) is 0 Å². The van der Waals surface area contributed by atoms with E-state index in [1.807, 2.05) is 31.2 Å². The van der Waals surface area contributed by atoms with Crippen LogP contribution in [-0.4, -0.2) is 41.7 Å². The summed E-state index contributed by atoms with van der Waals surface area (Å²) in [6, 6.07) is 7.79. The summed E-state index contributed by atoms with van der Waals surface area (Å²) in [6.07, 6.45) is 4.03. The molecule has 1 saturated carbocycles. The van der Waals surface area contributed by atoms with Crippen LogP contribution in [0.2, 0.25) is 0 Å². The molecule has 2 rings (SSSR count). The normalized spacial score (nSPS) is 16.7. The van der Waals surface area contributed by atoms with E-state index in [0.29, 0.717) is 19.6 Å². The molecule has 0 bridgehead atoms. The molecule has 1 aromatic rings. The number of carbonyl (C=O) groups excluding carboxylic acids is 1. The third kappa shape index (κ3) is 4.74. The summed E-state index contributed by atoms with van der Waals surface area (Å²) in [5, 5.41) is 10.3. The number of hydrogen-bond donors (Lipinski definition) is 1. The van der Waals surface area contributed by atoms with Crippen molar-refractivity contribution in [2.45, 2.75) is 44.6 Å². The zero-order valence-electron chi connectivity index (χ0n) is 13.0. The molecule has 0 heterocycles. The van der Waals surface area contributed by atoms with Gasteiger partial charge in [-0.15, -0.1) is 0 Å². The van der Waals surface area contributed by atoms with Gasteiger partial charge in [0, 0.05) is 13.6 Å². The highest BCUT2D eigenvalue weighted by Gasteiger charge is 2.33. The Morgan fingerprint density at radius 2 is 1.90 bits per heavy atom. The van der Waals surface area contributed by atoms with Gasteiger partial charge in [0.25, 0.3) is 0 Å². The van der Waals surface area contributed by atoms with Gasteiger partial charge in [0.1, 0.15) is 5.75 Å². The summed E-state index contributed by atoms with van der Waals surface area (Å²) < 4.78 is 5.57. The van der Waals surface area contributed by atoms with Crippen LogP contribution in [0.5, 0.6) is 5.75 Å². The number of nitrogens with zero attached hydrogens (tertiary/aromatic N) is 1. The van der Waals surface area contributed by atoms with E-state index in [0.717, 1.165) is 31.4 Å². The molecule has 0 aromatic heterocycles. The molecule has 0 radical (unpaired) electrons. The van der Waals surface area contributed by atoms with Crippen molar-refractivity contribution in [3.8, 4) is 5.75 Å². The van der Waals surface area contributed by atoms with Crippen molar-refractivity contribution in [3.05, 3.63) is 29.8 Å². The average Bonchev–Trinajstić information content (AvgIpc) is 2.87. The molecule has 21 heavy (non-hydrogen) atoms. The van der Waals surface area contributed by atoms with E-state index in [4.69, 9.17) is 4.74 Å². The zero-order chi connectivity index (χ0) is 15.3. The average molecular weight is 291 g/mol. The van der Waals surface area contributed by atoms with Gasteiger partial charge in [0.05, 0.1) is 18.6 Å². The Bertz CT molecular complexity index is 463. The van der Waals surface area contributed by atoms with Crippen LogP contribution < -0.4 is 4.74 Å². The second-order valence-electron chi connectivity index (χ2n) is 6.09. The molecule has 0 atom stereocenters. The van der Waals surface area contributed by atoms with Crippen LogP contribution in [0.3, 0.4) is 0 Å². The lowest BCUT2D eigenvalue weighted by Gasteiger charge is -2.28. The molecule has 1 fully saturated rings. The van der Waals surface area contributed by atoms with Crippen molar-refractivity contribution >= 4 is 5.91 Å². The Morgan fingerprint density at radius 1 is 1.29 bits per heavy atom. The molecule has 1 N–H and O–H groups in total. The van der Waals surface area contributed by atoms with Crippen LogP contribution >= 0.6 is 0 Å². The SMILES string of the molecule is Cc1ccc(OCCC(=O)N(C)CC2(O)CCCC2)cc1. The molecule has 0 spiro atoms. The van der Waals surface area contributed by atoms with E-state index in [2.05, 4.69) is 0 Å². The van der Waals surface area contributed by atoms with Crippen LogP contribution in [0, 0.1) is 6.92 Å². The Kier molecular flexibility index (Phi) is 5.23. The molecule has 1 aliphatic rings. The van der Waals surface area contributed by atoms with Gasteiger partial charge in [0.2, 0.25) is 5.91 Å². The highest BCUT2D eigenvalue weighted by atomic mass is 16.5. The fraction of sp³-hybridized carbons (Fsp3) is 0.588. The van der Waals surface area contributed by atoms with E-state index >= 15 is 0 Å². The number of aliphatic hydroxyl groups is 1. The lowest BCUT2D eigenvalue weighted by Crippen LogP contribution is -2.42. The number of amides is 1. The molecule has 116 valence electrons.